The fourth-order valence-corrected chi connectivity index (χ4v) is 2.66. The second-order valence-electron chi connectivity index (χ2n) is 5.63. The predicted molar refractivity (Wildman–Crippen MR) is 80.9 cm³/mol. The fraction of sp³-hybridized carbons (Fsp3) is 0.562. The van der Waals surface area contributed by atoms with Crippen molar-refractivity contribution in [1.82, 2.24) is 9.80 Å². The van der Waals surface area contributed by atoms with Crippen LogP contribution in [-0.4, -0.2) is 60.8 Å². The summed E-state index contributed by atoms with van der Waals surface area (Å²) in [6, 6.07) is 9.71. The highest BCUT2D eigenvalue weighted by atomic mass is 16.6. The lowest BCUT2D eigenvalue weighted by molar-refractivity contribution is 0.102. The third kappa shape index (κ3) is 5.02. The predicted octanol–water partition coefficient (Wildman–Crippen LogP) is 1.57. The van der Waals surface area contributed by atoms with Gasteiger partial charge in [-0.1, -0.05) is 30.3 Å². The van der Waals surface area contributed by atoms with Crippen molar-refractivity contribution < 1.29 is 14.6 Å². The molecule has 1 aliphatic rings. The summed E-state index contributed by atoms with van der Waals surface area (Å²) >= 11 is 0. The van der Waals surface area contributed by atoms with Crippen LogP contribution in [0, 0.1) is 5.92 Å². The van der Waals surface area contributed by atoms with Crippen LogP contribution in [0.25, 0.3) is 0 Å². The van der Waals surface area contributed by atoms with E-state index < -0.39 is 0 Å². The van der Waals surface area contributed by atoms with Crippen molar-refractivity contribution in [1.29, 1.82) is 0 Å². The Morgan fingerprint density at radius 3 is 2.90 bits per heavy atom. The molecule has 5 nitrogen and oxygen atoms in total. The van der Waals surface area contributed by atoms with Gasteiger partial charge >= 0.3 is 6.09 Å². The summed E-state index contributed by atoms with van der Waals surface area (Å²) in [4.78, 5) is 15.9. The highest BCUT2D eigenvalue weighted by Crippen LogP contribution is 2.18. The van der Waals surface area contributed by atoms with Crippen LogP contribution in [0.4, 0.5) is 4.79 Å². The van der Waals surface area contributed by atoms with E-state index >= 15 is 0 Å². The van der Waals surface area contributed by atoms with Gasteiger partial charge in [-0.15, -0.1) is 0 Å². The van der Waals surface area contributed by atoms with Gasteiger partial charge in [-0.25, -0.2) is 4.79 Å². The molecular formula is C16H24N2O3. The number of benzene rings is 1. The first-order valence-electron chi connectivity index (χ1n) is 7.44. The molecule has 0 aromatic heterocycles. The first-order valence-corrected chi connectivity index (χ1v) is 7.44. The minimum atomic E-state index is -0.230. The number of likely N-dealkylation sites (tertiary alicyclic amines) is 1. The molecule has 0 spiro atoms. The number of ether oxygens (including phenoxy) is 1. The Labute approximate surface area is 126 Å². The number of hydrogen-bond donors (Lipinski definition) is 1. The summed E-state index contributed by atoms with van der Waals surface area (Å²) < 4.78 is 5.35. The lowest BCUT2D eigenvalue weighted by atomic mass is 10.1. The van der Waals surface area contributed by atoms with Crippen molar-refractivity contribution >= 4 is 6.09 Å². The van der Waals surface area contributed by atoms with Crippen LogP contribution in [0.15, 0.2) is 30.3 Å². The molecule has 1 saturated heterocycles. The number of amides is 1. The van der Waals surface area contributed by atoms with Crippen LogP contribution >= 0.6 is 0 Å². The number of aliphatic hydroxyl groups excluding tert-OH is 1. The number of carbonyl (C=O) groups excluding carboxylic acids is 1. The van der Waals surface area contributed by atoms with Crippen LogP contribution < -0.4 is 0 Å². The van der Waals surface area contributed by atoms with E-state index in [0.717, 1.165) is 31.6 Å². The van der Waals surface area contributed by atoms with Gasteiger partial charge in [0.1, 0.15) is 6.61 Å². The molecule has 1 N–H and O–H groups in total. The maximum atomic E-state index is 12.0. The van der Waals surface area contributed by atoms with E-state index in [0.29, 0.717) is 19.1 Å². The summed E-state index contributed by atoms with van der Waals surface area (Å²) in [5.74, 6) is 0.464. The van der Waals surface area contributed by atoms with E-state index in [-0.39, 0.29) is 12.7 Å². The first kappa shape index (κ1) is 15.8. The largest absolute Gasteiger partial charge is 0.445 e. The van der Waals surface area contributed by atoms with Crippen LogP contribution in [0.2, 0.25) is 0 Å². The molecule has 116 valence electrons. The van der Waals surface area contributed by atoms with Crippen molar-refractivity contribution in [2.45, 2.75) is 13.0 Å². The molecule has 0 aliphatic carbocycles. The minimum Gasteiger partial charge on any atom is -0.445 e. The molecule has 21 heavy (non-hydrogen) atoms. The van der Waals surface area contributed by atoms with Crippen molar-refractivity contribution in [2.24, 2.45) is 5.92 Å². The van der Waals surface area contributed by atoms with E-state index in [2.05, 4.69) is 4.90 Å². The Morgan fingerprint density at radius 1 is 1.43 bits per heavy atom. The summed E-state index contributed by atoms with van der Waals surface area (Å²) in [7, 11) is 1.99. The summed E-state index contributed by atoms with van der Waals surface area (Å²) in [6.45, 7) is 3.57. The fourth-order valence-electron chi connectivity index (χ4n) is 2.66. The van der Waals surface area contributed by atoms with Crippen molar-refractivity contribution in [3.05, 3.63) is 35.9 Å². The molecule has 1 fully saturated rings. The summed E-state index contributed by atoms with van der Waals surface area (Å²) in [6.07, 6.45) is 0.766. The molecule has 0 bridgehead atoms. The second-order valence-corrected chi connectivity index (χ2v) is 5.63. The van der Waals surface area contributed by atoms with E-state index in [9.17, 15) is 4.79 Å². The smallest absolute Gasteiger partial charge is 0.410 e. The molecule has 1 aromatic rings. The van der Waals surface area contributed by atoms with Crippen LogP contribution in [-0.2, 0) is 11.3 Å². The van der Waals surface area contributed by atoms with Crippen LogP contribution in [0.3, 0.4) is 0 Å². The maximum absolute atomic E-state index is 12.0. The lowest BCUT2D eigenvalue weighted by Gasteiger charge is -2.20. The van der Waals surface area contributed by atoms with Gasteiger partial charge in [-0.3, -0.25) is 0 Å². The Bertz CT molecular complexity index is 438. The number of nitrogens with zero attached hydrogens (tertiary/aromatic N) is 2. The van der Waals surface area contributed by atoms with E-state index in [1.807, 2.05) is 37.4 Å². The topological polar surface area (TPSA) is 53.0 Å². The third-order valence-electron chi connectivity index (χ3n) is 3.80. The van der Waals surface area contributed by atoms with Crippen LogP contribution in [0.1, 0.15) is 12.0 Å². The highest BCUT2D eigenvalue weighted by Gasteiger charge is 2.27. The van der Waals surface area contributed by atoms with Gasteiger partial charge in [0.2, 0.25) is 0 Å². The van der Waals surface area contributed by atoms with Crippen molar-refractivity contribution in [2.75, 3.05) is 39.8 Å². The van der Waals surface area contributed by atoms with Gasteiger partial charge in [0.15, 0.2) is 0 Å². The molecule has 5 heteroatoms. The Kier molecular flexibility index (Phi) is 6.02. The Balaban J connectivity index is 1.72. The SMILES string of the molecule is CN(CCO)CC1CCN(C(=O)OCc2ccccc2)C1. The van der Waals surface area contributed by atoms with Gasteiger partial charge in [0.25, 0.3) is 0 Å². The lowest BCUT2D eigenvalue weighted by Crippen LogP contribution is -2.32. The molecule has 1 aromatic carbocycles. The standard InChI is InChI=1S/C16H24N2O3/c1-17(9-10-19)11-15-7-8-18(12-15)16(20)21-13-14-5-3-2-4-6-14/h2-6,15,19H,7-13H2,1H3. The second kappa shape index (κ2) is 8.00. The molecule has 1 heterocycles. The number of rotatable bonds is 6. The van der Waals surface area contributed by atoms with Crippen LogP contribution in [0.5, 0.6) is 0 Å². The monoisotopic (exact) mass is 292 g/mol. The average Bonchev–Trinajstić information content (AvgIpc) is 2.94. The molecule has 1 atom stereocenters. The molecule has 0 saturated carbocycles. The molecule has 1 unspecified atom stereocenters. The third-order valence-corrected chi connectivity index (χ3v) is 3.80. The number of carbonyl (C=O) groups is 1. The average molecular weight is 292 g/mol. The van der Waals surface area contributed by atoms with Crippen molar-refractivity contribution in [3.8, 4) is 0 Å². The maximum Gasteiger partial charge on any atom is 0.410 e. The minimum absolute atomic E-state index is 0.173. The van der Waals surface area contributed by atoms with Gasteiger partial charge in [0, 0.05) is 26.2 Å². The quantitative estimate of drug-likeness (QED) is 0.865. The van der Waals surface area contributed by atoms with Crippen molar-refractivity contribution in [3.63, 3.8) is 0 Å². The zero-order valence-electron chi connectivity index (χ0n) is 12.6. The first-order chi connectivity index (χ1) is 10.2. The number of aliphatic hydroxyl groups is 1. The molecular weight excluding hydrogens is 268 g/mol. The van der Waals surface area contributed by atoms with Gasteiger partial charge < -0.3 is 19.6 Å². The molecule has 1 amide bonds. The zero-order valence-corrected chi connectivity index (χ0v) is 12.6. The Morgan fingerprint density at radius 2 is 2.19 bits per heavy atom. The number of hydrogen-bond acceptors (Lipinski definition) is 4. The molecule has 1 aliphatic heterocycles. The summed E-state index contributed by atoms with van der Waals surface area (Å²) in [5, 5.41) is 8.90. The Hall–Kier alpha value is -1.59. The van der Waals surface area contributed by atoms with Gasteiger partial charge in [0.05, 0.1) is 6.61 Å². The highest BCUT2D eigenvalue weighted by molar-refractivity contribution is 5.68. The zero-order chi connectivity index (χ0) is 15.1. The number of likely N-dealkylation sites (N-methyl/N-ethyl adjacent to an activating group) is 1. The van der Waals surface area contributed by atoms with Gasteiger partial charge in [-0.05, 0) is 24.9 Å². The summed E-state index contributed by atoms with van der Waals surface area (Å²) in [5.41, 5.74) is 1.00. The molecule has 2 rings (SSSR count). The van der Waals surface area contributed by atoms with E-state index in [1.54, 1.807) is 4.90 Å². The van der Waals surface area contributed by atoms with Gasteiger partial charge in [-0.2, -0.15) is 0 Å². The van der Waals surface area contributed by atoms with E-state index in [4.69, 9.17) is 9.84 Å². The normalized spacial score (nSPS) is 18.2. The molecule has 0 radical (unpaired) electrons. The van der Waals surface area contributed by atoms with E-state index in [1.165, 1.54) is 0 Å².